The van der Waals surface area contributed by atoms with Crippen LogP contribution in [0.2, 0.25) is 0 Å². The van der Waals surface area contributed by atoms with Crippen molar-refractivity contribution in [2.45, 2.75) is 38.5 Å². The molecule has 0 unspecified atom stereocenters. The number of hydrogen-bond acceptors (Lipinski definition) is 3. The number of amides is 2. The Morgan fingerprint density at radius 2 is 1.96 bits per heavy atom. The average Bonchev–Trinajstić information content (AvgIpc) is 3.49. The molecule has 0 bridgehead atoms. The van der Waals surface area contributed by atoms with Gasteiger partial charge in [-0.2, -0.15) is 0 Å². The minimum Gasteiger partial charge on any atom is -0.497 e. The Balaban J connectivity index is 1.44. The normalized spacial score (nSPS) is 20.2. The Morgan fingerprint density at radius 1 is 1.20 bits per heavy atom. The van der Waals surface area contributed by atoms with Gasteiger partial charge in [-0.3, -0.25) is 9.59 Å². The van der Waals surface area contributed by atoms with E-state index >= 15 is 0 Å². The number of likely N-dealkylation sites (tertiary alicyclic amines) is 1. The predicted octanol–water partition coefficient (Wildman–Crippen LogP) is 2.39. The van der Waals surface area contributed by atoms with Crippen LogP contribution in [-0.4, -0.2) is 43.5 Å². The number of nitrogens with zero attached hydrogens (tertiary/aromatic N) is 1. The Morgan fingerprint density at radius 3 is 2.64 bits per heavy atom. The lowest BCUT2D eigenvalue weighted by Crippen LogP contribution is -2.45. The van der Waals surface area contributed by atoms with E-state index < -0.39 is 0 Å². The molecule has 2 aliphatic rings. The lowest BCUT2D eigenvalue weighted by atomic mass is 9.96. The van der Waals surface area contributed by atoms with Crippen LogP contribution in [0.15, 0.2) is 24.3 Å². The lowest BCUT2D eigenvalue weighted by molar-refractivity contribution is -0.135. The van der Waals surface area contributed by atoms with Gasteiger partial charge >= 0.3 is 0 Å². The second kappa shape index (κ2) is 8.37. The number of benzene rings is 1. The molecule has 136 valence electrons. The minimum absolute atomic E-state index is 0.0440. The predicted molar refractivity (Wildman–Crippen MR) is 96.4 cm³/mol. The van der Waals surface area contributed by atoms with Crippen LogP contribution >= 0.6 is 0 Å². The summed E-state index contributed by atoms with van der Waals surface area (Å²) >= 11 is 0. The van der Waals surface area contributed by atoms with E-state index in [1.165, 1.54) is 12.8 Å². The highest BCUT2D eigenvalue weighted by molar-refractivity contribution is 5.81. The first-order valence-electron chi connectivity index (χ1n) is 9.34. The SMILES string of the molecule is COc1ccc(CCC(=O)N2CCC[C@@H](C(=O)NCC3CC3)C2)cc1. The second-order valence-electron chi connectivity index (χ2n) is 7.22. The highest BCUT2D eigenvalue weighted by Crippen LogP contribution is 2.28. The first kappa shape index (κ1) is 17.8. The Labute approximate surface area is 149 Å². The number of hydrogen-bond donors (Lipinski definition) is 1. The molecule has 1 aromatic carbocycles. The third kappa shape index (κ3) is 5.21. The fraction of sp³-hybridized carbons (Fsp3) is 0.600. The van der Waals surface area contributed by atoms with E-state index in [2.05, 4.69) is 5.32 Å². The summed E-state index contributed by atoms with van der Waals surface area (Å²) in [5.74, 6) is 1.74. The van der Waals surface area contributed by atoms with Crippen molar-refractivity contribution in [3.8, 4) is 5.75 Å². The lowest BCUT2D eigenvalue weighted by Gasteiger charge is -2.32. The molecule has 1 saturated heterocycles. The Bertz CT molecular complexity index is 595. The van der Waals surface area contributed by atoms with Gasteiger partial charge in [-0.1, -0.05) is 12.1 Å². The molecule has 1 saturated carbocycles. The van der Waals surface area contributed by atoms with Crippen LogP contribution in [-0.2, 0) is 16.0 Å². The van der Waals surface area contributed by atoms with E-state index in [-0.39, 0.29) is 17.7 Å². The summed E-state index contributed by atoms with van der Waals surface area (Å²) in [5.41, 5.74) is 1.13. The molecule has 2 amide bonds. The maximum absolute atomic E-state index is 12.5. The smallest absolute Gasteiger partial charge is 0.224 e. The summed E-state index contributed by atoms with van der Waals surface area (Å²) in [6, 6.07) is 7.83. The molecule has 0 spiro atoms. The maximum Gasteiger partial charge on any atom is 0.224 e. The highest BCUT2D eigenvalue weighted by atomic mass is 16.5. The van der Waals surface area contributed by atoms with Gasteiger partial charge in [-0.05, 0) is 55.7 Å². The number of methoxy groups -OCH3 is 1. The molecule has 1 heterocycles. The zero-order valence-electron chi connectivity index (χ0n) is 15.0. The van der Waals surface area contributed by atoms with Crippen LogP contribution in [0.25, 0.3) is 0 Å². The Kier molecular flexibility index (Phi) is 5.95. The van der Waals surface area contributed by atoms with E-state index in [0.29, 0.717) is 18.9 Å². The Hall–Kier alpha value is -2.04. The second-order valence-corrected chi connectivity index (χ2v) is 7.22. The van der Waals surface area contributed by atoms with Crippen molar-refractivity contribution in [3.63, 3.8) is 0 Å². The number of carbonyl (C=O) groups is 2. The van der Waals surface area contributed by atoms with Crippen molar-refractivity contribution in [3.05, 3.63) is 29.8 Å². The van der Waals surface area contributed by atoms with Crippen molar-refractivity contribution >= 4 is 11.8 Å². The topological polar surface area (TPSA) is 58.6 Å². The van der Waals surface area contributed by atoms with E-state index in [1.807, 2.05) is 29.2 Å². The van der Waals surface area contributed by atoms with Gasteiger partial charge in [-0.15, -0.1) is 0 Å². The average molecular weight is 344 g/mol. The quantitative estimate of drug-likeness (QED) is 0.826. The fourth-order valence-corrected chi connectivity index (χ4v) is 3.33. The molecule has 1 aliphatic carbocycles. The van der Waals surface area contributed by atoms with Gasteiger partial charge in [0.1, 0.15) is 5.75 Å². The number of ether oxygens (including phenoxy) is 1. The van der Waals surface area contributed by atoms with Crippen molar-refractivity contribution < 1.29 is 14.3 Å². The monoisotopic (exact) mass is 344 g/mol. The van der Waals surface area contributed by atoms with Gasteiger partial charge in [0.2, 0.25) is 11.8 Å². The molecule has 1 atom stereocenters. The van der Waals surface area contributed by atoms with Crippen molar-refractivity contribution in [1.82, 2.24) is 10.2 Å². The number of carbonyl (C=O) groups excluding carboxylic acids is 2. The summed E-state index contributed by atoms with van der Waals surface area (Å²) in [6.07, 6.45) is 5.48. The van der Waals surface area contributed by atoms with Gasteiger partial charge in [0.15, 0.2) is 0 Å². The molecule has 1 aliphatic heterocycles. The molecule has 5 heteroatoms. The molecule has 1 N–H and O–H groups in total. The molecule has 0 radical (unpaired) electrons. The first-order chi connectivity index (χ1) is 12.2. The number of piperidine rings is 1. The van der Waals surface area contributed by atoms with Gasteiger partial charge in [0.25, 0.3) is 0 Å². The molecule has 1 aromatic rings. The van der Waals surface area contributed by atoms with Crippen LogP contribution in [0.3, 0.4) is 0 Å². The van der Waals surface area contributed by atoms with Gasteiger partial charge in [0.05, 0.1) is 13.0 Å². The summed E-state index contributed by atoms with van der Waals surface area (Å²) < 4.78 is 5.15. The van der Waals surface area contributed by atoms with Gasteiger partial charge in [-0.25, -0.2) is 0 Å². The van der Waals surface area contributed by atoms with Gasteiger partial charge < -0.3 is 15.0 Å². The highest BCUT2D eigenvalue weighted by Gasteiger charge is 2.29. The largest absolute Gasteiger partial charge is 0.497 e. The summed E-state index contributed by atoms with van der Waals surface area (Å²) in [5, 5.41) is 3.05. The summed E-state index contributed by atoms with van der Waals surface area (Å²) in [7, 11) is 1.64. The standard InChI is InChI=1S/C20H28N2O3/c1-25-18-9-6-15(7-10-18)8-11-19(23)22-12-2-3-17(14-22)20(24)21-13-16-4-5-16/h6-7,9-10,16-17H,2-5,8,11-14H2,1H3,(H,21,24)/t17-/m1/s1. The minimum atomic E-state index is -0.0440. The summed E-state index contributed by atoms with van der Waals surface area (Å²) in [4.78, 5) is 26.7. The molecule has 0 aromatic heterocycles. The number of rotatable bonds is 7. The number of aryl methyl sites for hydroxylation is 1. The van der Waals surface area contributed by atoms with Crippen LogP contribution < -0.4 is 10.1 Å². The van der Waals surface area contributed by atoms with Crippen LogP contribution in [0.5, 0.6) is 5.75 Å². The van der Waals surface area contributed by atoms with Crippen LogP contribution in [0, 0.1) is 11.8 Å². The molecule has 2 fully saturated rings. The molecule has 25 heavy (non-hydrogen) atoms. The molecule has 3 rings (SSSR count). The maximum atomic E-state index is 12.5. The van der Waals surface area contributed by atoms with E-state index in [9.17, 15) is 9.59 Å². The van der Waals surface area contributed by atoms with Crippen molar-refractivity contribution in [2.24, 2.45) is 11.8 Å². The molecular weight excluding hydrogens is 316 g/mol. The third-order valence-corrected chi connectivity index (χ3v) is 5.19. The van der Waals surface area contributed by atoms with E-state index in [4.69, 9.17) is 4.74 Å². The zero-order valence-corrected chi connectivity index (χ0v) is 15.0. The molecular formula is C20H28N2O3. The number of nitrogens with one attached hydrogen (secondary N) is 1. The van der Waals surface area contributed by atoms with Crippen molar-refractivity contribution in [2.75, 3.05) is 26.7 Å². The van der Waals surface area contributed by atoms with E-state index in [0.717, 1.165) is 43.7 Å². The van der Waals surface area contributed by atoms with Crippen LogP contribution in [0.4, 0.5) is 0 Å². The van der Waals surface area contributed by atoms with Gasteiger partial charge in [0, 0.05) is 26.1 Å². The zero-order chi connectivity index (χ0) is 17.6. The van der Waals surface area contributed by atoms with Crippen molar-refractivity contribution in [1.29, 1.82) is 0 Å². The fourth-order valence-electron chi connectivity index (χ4n) is 3.33. The first-order valence-corrected chi connectivity index (χ1v) is 9.34. The summed E-state index contributed by atoms with van der Waals surface area (Å²) in [6.45, 7) is 2.15. The third-order valence-electron chi connectivity index (χ3n) is 5.19. The molecule has 5 nitrogen and oxygen atoms in total. The van der Waals surface area contributed by atoms with Crippen LogP contribution in [0.1, 0.15) is 37.7 Å². The van der Waals surface area contributed by atoms with E-state index in [1.54, 1.807) is 7.11 Å².